The van der Waals surface area contributed by atoms with Crippen LogP contribution in [0.1, 0.15) is 126 Å². The number of fused-ring (bicyclic) bond motifs is 5. The molecule has 22 nitrogen and oxygen atoms in total. The summed E-state index contributed by atoms with van der Waals surface area (Å²) in [5, 5.41) is 152. The maximum absolute atomic E-state index is 12.8. The van der Waals surface area contributed by atoms with Crippen molar-refractivity contribution < 1.29 is 109 Å². The number of hydrogen-bond donors (Lipinski definition) is 14. The second kappa shape index (κ2) is 23.8. The quantitative estimate of drug-likeness (QED) is 0.0749. The molecule has 0 spiro atoms. The Labute approximate surface area is 452 Å². The van der Waals surface area contributed by atoms with Gasteiger partial charge in [0.1, 0.15) is 67.1 Å². The Morgan fingerprint density at radius 1 is 0.675 bits per heavy atom. The number of ether oxygens (including phenoxy) is 8. The van der Waals surface area contributed by atoms with Crippen LogP contribution in [0.2, 0.25) is 0 Å². The maximum atomic E-state index is 12.8. The van der Waals surface area contributed by atoms with Gasteiger partial charge in [-0.3, -0.25) is 0 Å². The Balaban J connectivity index is 0.997. The summed E-state index contributed by atoms with van der Waals surface area (Å²) in [6.45, 7) is 14.4. The molecule has 0 aromatic rings. The highest BCUT2D eigenvalue weighted by Gasteiger charge is 2.71. The number of aliphatic hydroxyl groups excluding tert-OH is 13. The largest absolute Gasteiger partial charge is 0.394 e. The normalized spacial score (nSPS) is 50.0. The van der Waals surface area contributed by atoms with Crippen molar-refractivity contribution in [1.82, 2.24) is 0 Å². The van der Waals surface area contributed by atoms with Crippen LogP contribution in [0.5, 0.6) is 0 Å². The van der Waals surface area contributed by atoms with Crippen molar-refractivity contribution in [1.29, 1.82) is 0 Å². The summed E-state index contributed by atoms with van der Waals surface area (Å²) in [6.07, 6.45) is -19.4. The zero-order valence-corrected chi connectivity index (χ0v) is 46.1. The molecule has 8 aliphatic rings. The van der Waals surface area contributed by atoms with E-state index in [1.807, 2.05) is 0 Å². The van der Waals surface area contributed by atoms with Gasteiger partial charge in [0.05, 0.1) is 68.7 Å². The fourth-order valence-corrected chi connectivity index (χ4v) is 16.1. The van der Waals surface area contributed by atoms with Crippen LogP contribution >= 0.6 is 0 Å². The van der Waals surface area contributed by atoms with Gasteiger partial charge in [-0.25, -0.2) is 0 Å². The van der Waals surface area contributed by atoms with Gasteiger partial charge in [0.2, 0.25) is 0 Å². The summed E-state index contributed by atoms with van der Waals surface area (Å²) in [5.74, 6) is 0.425. The minimum Gasteiger partial charge on any atom is -0.394 e. The van der Waals surface area contributed by atoms with E-state index in [-0.39, 0.29) is 66.5 Å². The molecule has 4 saturated heterocycles. The van der Waals surface area contributed by atoms with Crippen LogP contribution in [0, 0.1) is 45.3 Å². The summed E-state index contributed by atoms with van der Waals surface area (Å²) in [7, 11) is 0. The lowest BCUT2D eigenvalue weighted by atomic mass is 9.37. The Morgan fingerprint density at radius 3 is 1.97 bits per heavy atom. The van der Waals surface area contributed by atoms with Crippen LogP contribution < -0.4 is 0 Å². The van der Waals surface area contributed by atoms with Crippen LogP contribution in [0.4, 0.5) is 0 Å². The van der Waals surface area contributed by atoms with Crippen molar-refractivity contribution in [2.24, 2.45) is 45.3 Å². The average molecular weight is 1110 g/mol. The smallest absolute Gasteiger partial charge is 0.187 e. The van der Waals surface area contributed by atoms with Crippen LogP contribution in [0.25, 0.3) is 0 Å². The summed E-state index contributed by atoms with van der Waals surface area (Å²) in [4.78, 5) is 0. The highest BCUT2D eigenvalue weighted by atomic mass is 16.8. The Morgan fingerprint density at radius 2 is 1.32 bits per heavy atom. The number of hydrogen-bond acceptors (Lipinski definition) is 22. The molecule has 4 aliphatic carbocycles. The van der Waals surface area contributed by atoms with Crippen molar-refractivity contribution in [3.63, 3.8) is 0 Å². The number of rotatable bonds is 18. The third kappa shape index (κ3) is 11.3. The van der Waals surface area contributed by atoms with Crippen molar-refractivity contribution in [3.8, 4) is 0 Å². The highest BCUT2D eigenvalue weighted by Crippen LogP contribution is 2.76. The summed E-state index contributed by atoms with van der Waals surface area (Å²) >= 11 is 0. The minimum atomic E-state index is -1.90. The molecular formula is C55H94O22. The molecule has 446 valence electrons. The monoisotopic (exact) mass is 1110 g/mol. The van der Waals surface area contributed by atoms with Crippen LogP contribution in [0.3, 0.4) is 0 Å². The zero-order chi connectivity index (χ0) is 56.5. The number of aliphatic hydroxyl groups is 14. The summed E-state index contributed by atoms with van der Waals surface area (Å²) in [5.41, 5.74) is -1.70. The number of allylic oxidation sites excluding steroid dienone is 1. The van der Waals surface area contributed by atoms with Gasteiger partial charge in [-0.1, -0.05) is 53.2 Å². The van der Waals surface area contributed by atoms with E-state index >= 15 is 0 Å². The van der Waals surface area contributed by atoms with E-state index in [0.717, 1.165) is 32.1 Å². The van der Waals surface area contributed by atoms with E-state index in [1.54, 1.807) is 13.8 Å². The second-order valence-corrected chi connectivity index (χ2v) is 25.8. The van der Waals surface area contributed by atoms with E-state index in [2.05, 4.69) is 47.6 Å². The summed E-state index contributed by atoms with van der Waals surface area (Å²) < 4.78 is 48.4. The van der Waals surface area contributed by atoms with Crippen LogP contribution in [0.15, 0.2) is 11.6 Å². The molecule has 7 fully saturated rings. The molecular weight excluding hydrogens is 1010 g/mol. The average Bonchev–Trinajstić information content (AvgIpc) is 3.98. The van der Waals surface area contributed by atoms with Gasteiger partial charge >= 0.3 is 0 Å². The fraction of sp³-hybridized carbons (Fsp3) is 0.964. The molecule has 0 aromatic carbocycles. The van der Waals surface area contributed by atoms with Gasteiger partial charge in [0, 0.05) is 23.7 Å². The molecule has 3 saturated carbocycles. The predicted molar refractivity (Wildman–Crippen MR) is 269 cm³/mol. The second-order valence-electron chi connectivity index (χ2n) is 25.8. The van der Waals surface area contributed by atoms with E-state index in [9.17, 15) is 71.5 Å². The first-order valence-corrected chi connectivity index (χ1v) is 28.4. The lowest BCUT2D eigenvalue weighted by molar-refractivity contribution is -0.379. The molecule has 8 rings (SSSR count). The Kier molecular flexibility index (Phi) is 19.2. The van der Waals surface area contributed by atoms with Gasteiger partial charge in [-0.05, 0) is 106 Å². The lowest BCUT2D eigenvalue weighted by Gasteiger charge is -2.68. The molecule has 4 heterocycles. The van der Waals surface area contributed by atoms with Crippen molar-refractivity contribution >= 4 is 0 Å². The van der Waals surface area contributed by atoms with Gasteiger partial charge < -0.3 is 109 Å². The maximum Gasteiger partial charge on any atom is 0.187 e. The molecule has 22 heteroatoms. The Hall–Kier alpha value is -1.14. The van der Waals surface area contributed by atoms with Crippen molar-refractivity contribution in [3.05, 3.63) is 11.6 Å². The van der Waals surface area contributed by atoms with Gasteiger partial charge in [0.25, 0.3) is 0 Å². The molecule has 0 radical (unpaired) electrons. The summed E-state index contributed by atoms with van der Waals surface area (Å²) in [6, 6.07) is 0. The van der Waals surface area contributed by atoms with Gasteiger partial charge in [-0.15, -0.1) is 0 Å². The molecule has 0 bridgehead atoms. The molecule has 77 heavy (non-hydrogen) atoms. The van der Waals surface area contributed by atoms with E-state index < -0.39 is 159 Å². The molecule has 14 N–H and O–H groups in total. The van der Waals surface area contributed by atoms with E-state index in [1.165, 1.54) is 5.57 Å². The van der Waals surface area contributed by atoms with Crippen LogP contribution in [-0.4, -0.2) is 232 Å². The lowest BCUT2D eigenvalue weighted by Crippen LogP contribution is -2.65. The first-order valence-electron chi connectivity index (χ1n) is 28.4. The molecule has 4 aliphatic heterocycles. The molecule has 0 aromatic heterocycles. The zero-order valence-electron chi connectivity index (χ0n) is 46.1. The minimum absolute atomic E-state index is 0.0473. The molecule has 3 unspecified atom stereocenters. The predicted octanol–water partition coefficient (Wildman–Crippen LogP) is -0.783. The Bertz CT molecular complexity index is 1970. The third-order valence-corrected chi connectivity index (χ3v) is 20.8. The topological polar surface area (TPSA) is 357 Å². The van der Waals surface area contributed by atoms with E-state index in [0.29, 0.717) is 19.3 Å². The van der Waals surface area contributed by atoms with Gasteiger partial charge in [-0.2, -0.15) is 0 Å². The molecule has 28 atom stereocenters. The van der Waals surface area contributed by atoms with Crippen LogP contribution in [-0.2, 0) is 37.9 Å². The fourth-order valence-electron chi connectivity index (χ4n) is 16.1. The molecule has 0 amide bonds. The van der Waals surface area contributed by atoms with Crippen molar-refractivity contribution in [2.75, 3.05) is 26.4 Å². The van der Waals surface area contributed by atoms with E-state index in [4.69, 9.17) is 37.9 Å². The standard InChI is InChI=1S/C55H94O22/c1-9-55-17-16-27(53(55,7)20-37(62)54(8)29-12-15-38(51(3,4)28(29)11-13-36(54)55)75-48-40(63)31(60)18-26(21-56)71-48)25(2)10-14-39(52(5,6)69)76-50-46(77-49-45(68)43(66)41(64)34(23-58)73-49)44(67)42(65)35(74-50)24-70-47-32(61)19-30(59)33(22-57)72-47/h11,25-27,29-50,56-69H,9-10,12-24H2,1-8H3/t25-,26+,27?,29?,30+,31+,32-,33-,34-,35-,36?,37-,38+,39-,40-,41-,42-,43+,44+,45-,46-,47+,48+,49+,50+,53-,54+,55+/m1/s1. The first kappa shape index (κ1) is 61.9. The third-order valence-electron chi connectivity index (χ3n) is 20.8. The highest BCUT2D eigenvalue weighted by molar-refractivity contribution is 5.32. The van der Waals surface area contributed by atoms with Gasteiger partial charge in [0.15, 0.2) is 25.2 Å². The SMILES string of the molecule is CC[C@@]12CCC([C@H](C)CC[C@@H](O[C@@H]3O[C@H](CO[C@H]4O[C@H](CO)[C@@H](O)C[C@H]4O)[C@@H](O)[C@H](O)[C@H]3O[C@@H]3O[C@H](CO)[C@@H](O)[C@H](O)[C@H]3O)C(C)(C)O)[C@@]1(C)C[C@@H](O)[C@@]1(C)C3CC[C@H](O[C@@H]4O[C@H](CO)C[C@H](O)[C@H]4O)C(C)(C)C3=CCC12. The first-order chi connectivity index (χ1) is 36.1. The van der Waals surface area contributed by atoms with Crippen molar-refractivity contribution in [2.45, 2.75) is 261 Å².